The third-order valence-corrected chi connectivity index (χ3v) is 3.52. The molecule has 1 aromatic heterocycles. The van der Waals surface area contributed by atoms with Crippen LogP contribution in [0.15, 0.2) is 5.38 Å². The van der Waals surface area contributed by atoms with Gasteiger partial charge in [0.05, 0.1) is 10.7 Å². The fraction of sp³-hybridized carbons (Fsp3) is 0.750. The highest BCUT2D eigenvalue weighted by Crippen LogP contribution is 2.18. The first-order valence-electron chi connectivity index (χ1n) is 5.88. The van der Waals surface area contributed by atoms with E-state index in [4.69, 9.17) is 4.74 Å². The first-order chi connectivity index (χ1) is 7.74. The van der Waals surface area contributed by atoms with Crippen LogP contribution in [0.4, 0.5) is 0 Å². The van der Waals surface area contributed by atoms with E-state index in [0.717, 1.165) is 32.5 Å². The maximum atomic E-state index is 5.00. The summed E-state index contributed by atoms with van der Waals surface area (Å²) in [4.78, 5) is 4.58. The van der Waals surface area contributed by atoms with E-state index in [1.807, 2.05) is 0 Å². The summed E-state index contributed by atoms with van der Waals surface area (Å²) in [5.74, 6) is 0.542. The van der Waals surface area contributed by atoms with Crippen molar-refractivity contribution in [2.75, 3.05) is 20.3 Å². The molecule has 1 N–H and O–H groups in total. The number of hydrogen-bond acceptors (Lipinski definition) is 4. The van der Waals surface area contributed by atoms with Crippen molar-refractivity contribution in [3.63, 3.8) is 0 Å². The predicted molar refractivity (Wildman–Crippen MR) is 69.0 cm³/mol. The van der Waals surface area contributed by atoms with Crippen LogP contribution in [0.25, 0.3) is 0 Å². The van der Waals surface area contributed by atoms with Crippen LogP contribution in [0.3, 0.4) is 0 Å². The van der Waals surface area contributed by atoms with Gasteiger partial charge in [-0.2, -0.15) is 0 Å². The van der Waals surface area contributed by atoms with E-state index in [-0.39, 0.29) is 0 Å². The minimum atomic E-state index is 0.542. The number of methoxy groups -OCH3 is 1. The van der Waals surface area contributed by atoms with Crippen LogP contribution in [-0.2, 0) is 11.3 Å². The zero-order valence-electron chi connectivity index (χ0n) is 10.5. The smallest absolute Gasteiger partial charge is 0.0954 e. The van der Waals surface area contributed by atoms with E-state index in [1.54, 1.807) is 18.4 Å². The Morgan fingerprint density at radius 1 is 1.44 bits per heavy atom. The van der Waals surface area contributed by atoms with Gasteiger partial charge >= 0.3 is 0 Å². The molecule has 0 aliphatic heterocycles. The number of hydrogen-bond donors (Lipinski definition) is 1. The third kappa shape index (κ3) is 5.05. The molecule has 1 heterocycles. The number of aromatic nitrogens is 1. The Morgan fingerprint density at radius 2 is 2.25 bits per heavy atom. The molecule has 4 heteroatoms. The van der Waals surface area contributed by atoms with Crippen LogP contribution in [0, 0.1) is 0 Å². The molecule has 0 saturated heterocycles. The first kappa shape index (κ1) is 13.6. The van der Waals surface area contributed by atoms with Gasteiger partial charge in [0.25, 0.3) is 0 Å². The minimum Gasteiger partial charge on any atom is -0.385 e. The summed E-state index contributed by atoms with van der Waals surface area (Å²) in [6, 6.07) is 0. The van der Waals surface area contributed by atoms with Gasteiger partial charge in [0.15, 0.2) is 0 Å². The highest BCUT2D eigenvalue weighted by molar-refractivity contribution is 7.09. The van der Waals surface area contributed by atoms with Gasteiger partial charge in [-0.05, 0) is 19.4 Å². The molecular formula is C12H22N2OS. The van der Waals surface area contributed by atoms with Gasteiger partial charge in [-0.15, -0.1) is 11.3 Å². The normalized spacial score (nSPS) is 11.2. The van der Waals surface area contributed by atoms with Crippen molar-refractivity contribution in [1.29, 1.82) is 0 Å². The Morgan fingerprint density at radius 3 is 2.88 bits per heavy atom. The summed E-state index contributed by atoms with van der Waals surface area (Å²) in [5.41, 5.74) is 1.17. The van der Waals surface area contributed by atoms with Crippen molar-refractivity contribution in [1.82, 2.24) is 10.3 Å². The number of nitrogens with zero attached hydrogens (tertiary/aromatic N) is 1. The van der Waals surface area contributed by atoms with Crippen LogP contribution in [0.1, 0.15) is 43.3 Å². The van der Waals surface area contributed by atoms with E-state index >= 15 is 0 Å². The Balaban J connectivity index is 2.12. The van der Waals surface area contributed by atoms with Crippen molar-refractivity contribution >= 4 is 11.3 Å². The van der Waals surface area contributed by atoms with Crippen molar-refractivity contribution in [2.24, 2.45) is 0 Å². The van der Waals surface area contributed by atoms with Gasteiger partial charge in [0.1, 0.15) is 0 Å². The fourth-order valence-corrected chi connectivity index (χ4v) is 2.22. The number of rotatable bonds is 8. The minimum absolute atomic E-state index is 0.542. The van der Waals surface area contributed by atoms with Crippen LogP contribution in [-0.4, -0.2) is 25.2 Å². The lowest BCUT2D eigenvalue weighted by Gasteiger charge is -2.02. The summed E-state index contributed by atoms with van der Waals surface area (Å²) < 4.78 is 5.00. The number of ether oxygens (including phenoxy) is 1. The van der Waals surface area contributed by atoms with E-state index in [0.29, 0.717) is 5.92 Å². The number of thiazole rings is 1. The zero-order valence-corrected chi connectivity index (χ0v) is 11.3. The molecule has 0 fully saturated rings. The molecule has 92 valence electrons. The van der Waals surface area contributed by atoms with Gasteiger partial charge in [-0.25, -0.2) is 4.98 Å². The van der Waals surface area contributed by atoms with Crippen LogP contribution < -0.4 is 5.32 Å². The van der Waals surface area contributed by atoms with Gasteiger partial charge in [-0.1, -0.05) is 13.8 Å². The fourth-order valence-electron chi connectivity index (χ4n) is 1.38. The van der Waals surface area contributed by atoms with Crippen molar-refractivity contribution in [3.8, 4) is 0 Å². The summed E-state index contributed by atoms with van der Waals surface area (Å²) in [6.07, 6.45) is 2.28. The summed E-state index contributed by atoms with van der Waals surface area (Å²) >= 11 is 1.76. The van der Waals surface area contributed by atoms with Crippen LogP contribution >= 0.6 is 11.3 Å². The van der Waals surface area contributed by atoms with Crippen molar-refractivity contribution in [3.05, 3.63) is 16.1 Å². The summed E-state index contributed by atoms with van der Waals surface area (Å²) in [7, 11) is 1.75. The van der Waals surface area contributed by atoms with E-state index in [9.17, 15) is 0 Å². The highest BCUT2D eigenvalue weighted by atomic mass is 32.1. The Bertz CT molecular complexity index is 286. The van der Waals surface area contributed by atoms with Crippen LogP contribution in [0.5, 0.6) is 0 Å². The lowest BCUT2D eigenvalue weighted by molar-refractivity contribution is 0.192. The molecule has 0 aliphatic rings. The maximum absolute atomic E-state index is 5.00. The molecule has 0 spiro atoms. The largest absolute Gasteiger partial charge is 0.385 e. The monoisotopic (exact) mass is 242 g/mol. The molecule has 0 aromatic carbocycles. The molecule has 1 rings (SSSR count). The zero-order chi connectivity index (χ0) is 11.8. The average Bonchev–Trinajstić information content (AvgIpc) is 2.72. The second kappa shape index (κ2) is 7.76. The predicted octanol–water partition coefficient (Wildman–Crippen LogP) is 2.78. The Hall–Kier alpha value is -0.450. The first-order valence-corrected chi connectivity index (χ1v) is 6.76. The van der Waals surface area contributed by atoms with E-state index in [2.05, 4.69) is 29.5 Å². The van der Waals surface area contributed by atoms with E-state index in [1.165, 1.54) is 10.7 Å². The summed E-state index contributed by atoms with van der Waals surface area (Å²) in [5, 5.41) is 6.78. The van der Waals surface area contributed by atoms with Crippen molar-refractivity contribution < 1.29 is 4.74 Å². The van der Waals surface area contributed by atoms with Crippen molar-refractivity contribution in [2.45, 2.75) is 39.2 Å². The topological polar surface area (TPSA) is 34.1 Å². The lowest BCUT2D eigenvalue weighted by atomic mass is 10.2. The molecule has 0 unspecified atom stereocenters. The molecular weight excluding hydrogens is 220 g/mol. The molecule has 0 atom stereocenters. The molecule has 0 radical (unpaired) electrons. The third-order valence-electron chi connectivity index (χ3n) is 2.32. The second-order valence-electron chi connectivity index (χ2n) is 4.21. The Kier molecular flexibility index (Phi) is 6.61. The Labute approximate surface area is 102 Å². The number of unbranched alkanes of at least 4 members (excludes halogenated alkanes) is 1. The SMILES string of the molecule is COCCCCNCc1csc(C(C)C)n1. The van der Waals surface area contributed by atoms with Crippen LogP contribution in [0.2, 0.25) is 0 Å². The van der Waals surface area contributed by atoms with Gasteiger partial charge < -0.3 is 10.1 Å². The molecule has 3 nitrogen and oxygen atoms in total. The average molecular weight is 242 g/mol. The second-order valence-corrected chi connectivity index (χ2v) is 5.10. The quantitative estimate of drug-likeness (QED) is 0.712. The standard InChI is InChI=1S/C12H22N2OS/c1-10(2)12-14-11(9-16-12)8-13-6-4-5-7-15-3/h9-10,13H,4-8H2,1-3H3. The van der Waals surface area contributed by atoms with Gasteiger partial charge in [0, 0.05) is 31.6 Å². The van der Waals surface area contributed by atoms with Gasteiger partial charge in [-0.3, -0.25) is 0 Å². The van der Waals surface area contributed by atoms with E-state index < -0.39 is 0 Å². The summed E-state index contributed by atoms with van der Waals surface area (Å²) in [6.45, 7) is 7.14. The molecule has 1 aromatic rings. The van der Waals surface area contributed by atoms with Gasteiger partial charge in [0.2, 0.25) is 0 Å². The molecule has 0 amide bonds. The molecule has 0 saturated carbocycles. The number of nitrogens with one attached hydrogen (secondary N) is 1. The molecule has 16 heavy (non-hydrogen) atoms. The molecule has 0 aliphatic carbocycles. The maximum Gasteiger partial charge on any atom is 0.0954 e. The lowest BCUT2D eigenvalue weighted by Crippen LogP contribution is -2.15. The highest BCUT2D eigenvalue weighted by Gasteiger charge is 2.04. The molecule has 0 bridgehead atoms.